The van der Waals surface area contributed by atoms with Gasteiger partial charge in [0.1, 0.15) is 0 Å². The summed E-state index contributed by atoms with van der Waals surface area (Å²) in [5, 5.41) is 12.2. The van der Waals surface area contributed by atoms with Crippen molar-refractivity contribution in [2.45, 2.75) is 32.7 Å². The Kier molecular flexibility index (Phi) is 4.79. The quantitative estimate of drug-likeness (QED) is 0.874. The van der Waals surface area contributed by atoms with Crippen molar-refractivity contribution >= 4 is 5.69 Å². The van der Waals surface area contributed by atoms with E-state index >= 15 is 0 Å². The van der Waals surface area contributed by atoms with Gasteiger partial charge in [0.25, 0.3) is 0 Å². The van der Waals surface area contributed by atoms with Crippen LogP contribution in [0.15, 0.2) is 48.5 Å². The fourth-order valence-electron chi connectivity index (χ4n) is 2.25. The second-order valence-corrected chi connectivity index (χ2v) is 5.26. The molecule has 0 saturated carbocycles. The Hall–Kier alpha value is -2.27. The lowest BCUT2D eigenvalue weighted by Gasteiger charge is -2.15. The van der Waals surface area contributed by atoms with Gasteiger partial charge in [-0.15, -0.1) is 0 Å². The van der Waals surface area contributed by atoms with Gasteiger partial charge in [-0.1, -0.05) is 29.8 Å². The van der Waals surface area contributed by atoms with E-state index in [9.17, 15) is 0 Å². The molecule has 20 heavy (non-hydrogen) atoms. The lowest BCUT2D eigenvalue weighted by Crippen LogP contribution is -2.15. The van der Waals surface area contributed by atoms with Gasteiger partial charge in [-0.3, -0.25) is 0 Å². The SMILES string of the molecule is Cc1cccc(CCC(C)Nc2ccc(C#N)cc2)c1. The lowest BCUT2D eigenvalue weighted by molar-refractivity contribution is 0.706. The zero-order valence-electron chi connectivity index (χ0n) is 12.1. The molecule has 0 aromatic heterocycles. The zero-order chi connectivity index (χ0) is 14.4. The van der Waals surface area contributed by atoms with Crippen molar-refractivity contribution in [3.8, 4) is 6.07 Å². The van der Waals surface area contributed by atoms with Crippen molar-refractivity contribution in [3.63, 3.8) is 0 Å². The molecule has 0 aliphatic heterocycles. The topological polar surface area (TPSA) is 35.8 Å². The van der Waals surface area contributed by atoms with Crippen molar-refractivity contribution in [1.29, 1.82) is 5.26 Å². The van der Waals surface area contributed by atoms with E-state index in [4.69, 9.17) is 5.26 Å². The Balaban J connectivity index is 1.86. The van der Waals surface area contributed by atoms with Gasteiger partial charge in [-0.05, 0) is 56.5 Å². The van der Waals surface area contributed by atoms with E-state index in [0.29, 0.717) is 11.6 Å². The minimum absolute atomic E-state index is 0.406. The van der Waals surface area contributed by atoms with E-state index in [2.05, 4.69) is 49.5 Å². The molecule has 2 nitrogen and oxygen atoms in total. The molecule has 0 bridgehead atoms. The van der Waals surface area contributed by atoms with Gasteiger partial charge in [0, 0.05) is 11.7 Å². The molecule has 0 saturated heterocycles. The summed E-state index contributed by atoms with van der Waals surface area (Å²) >= 11 is 0. The maximum absolute atomic E-state index is 8.77. The standard InChI is InChI=1S/C18H20N2/c1-14-4-3-5-16(12-14)7-6-15(2)20-18-10-8-17(13-19)9-11-18/h3-5,8-12,15,20H,6-7H2,1-2H3. The average Bonchev–Trinajstić information content (AvgIpc) is 2.46. The molecule has 0 fully saturated rings. The molecule has 2 heteroatoms. The highest BCUT2D eigenvalue weighted by Gasteiger charge is 2.03. The number of nitriles is 1. The Bertz CT molecular complexity index is 594. The molecule has 2 aromatic rings. The summed E-state index contributed by atoms with van der Waals surface area (Å²) in [7, 11) is 0. The van der Waals surface area contributed by atoms with Crippen LogP contribution in [0.3, 0.4) is 0 Å². The van der Waals surface area contributed by atoms with Crippen molar-refractivity contribution in [2.24, 2.45) is 0 Å². The Morgan fingerprint density at radius 1 is 1.15 bits per heavy atom. The lowest BCUT2D eigenvalue weighted by atomic mass is 10.0. The first-order valence-electron chi connectivity index (χ1n) is 6.99. The molecule has 0 amide bonds. The minimum Gasteiger partial charge on any atom is -0.383 e. The first-order chi connectivity index (χ1) is 9.67. The van der Waals surface area contributed by atoms with Crippen molar-refractivity contribution in [3.05, 3.63) is 65.2 Å². The summed E-state index contributed by atoms with van der Waals surface area (Å²) < 4.78 is 0. The molecule has 1 unspecified atom stereocenters. The van der Waals surface area contributed by atoms with Gasteiger partial charge in [-0.25, -0.2) is 0 Å². The molecule has 102 valence electrons. The number of benzene rings is 2. The van der Waals surface area contributed by atoms with Crippen LogP contribution in [-0.4, -0.2) is 6.04 Å². The van der Waals surface area contributed by atoms with Crippen molar-refractivity contribution in [2.75, 3.05) is 5.32 Å². The molecule has 1 atom stereocenters. The van der Waals surface area contributed by atoms with Crippen molar-refractivity contribution < 1.29 is 0 Å². The third-order valence-electron chi connectivity index (χ3n) is 3.38. The fourth-order valence-corrected chi connectivity index (χ4v) is 2.25. The van der Waals surface area contributed by atoms with E-state index in [1.807, 2.05) is 24.3 Å². The van der Waals surface area contributed by atoms with Crippen LogP contribution in [0.2, 0.25) is 0 Å². The van der Waals surface area contributed by atoms with Gasteiger partial charge in [0.2, 0.25) is 0 Å². The van der Waals surface area contributed by atoms with Gasteiger partial charge < -0.3 is 5.32 Å². The van der Waals surface area contributed by atoms with Crippen LogP contribution in [0, 0.1) is 18.3 Å². The number of hydrogen-bond acceptors (Lipinski definition) is 2. The predicted molar refractivity (Wildman–Crippen MR) is 83.7 cm³/mol. The number of anilines is 1. The van der Waals surface area contributed by atoms with Crippen LogP contribution >= 0.6 is 0 Å². The first kappa shape index (κ1) is 14.1. The Labute approximate surface area is 121 Å². The molecular weight excluding hydrogens is 244 g/mol. The summed E-state index contributed by atoms with van der Waals surface area (Å²) in [6.07, 6.45) is 2.16. The largest absolute Gasteiger partial charge is 0.383 e. The average molecular weight is 264 g/mol. The minimum atomic E-state index is 0.406. The summed E-state index contributed by atoms with van der Waals surface area (Å²) in [5.41, 5.74) is 4.47. The molecule has 0 heterocycles. The predicted octanol–water partition coefficient (Wildman–Crippen LogP) is 4.30. The Morgan fingerprint density at radius 3 is 2.55 bits per heavy atom. The van der Waals surface area contributed by atoms with Crippen LogP contribution in [0.1, 0.15) is 30.0 Å². The highest BCUT2D eigenvalue weighted by Crippen LogP contribution is 2.13. The molecule has 0 spiro atoms. The summed E-state index contributed by atoms with van der Waals surface area (Å²) in [6.45, 7) is 4.32. The molecule has 2 rings (SSSR count). The van der Waals surface area contributed by atoms with Crippen LogP contribution < -0.4 is 5.32 Å². The highest BCUT2D eigenvalue weighted by atomic mass is 14.9. The first-order valence-corrected chi connectivity index (χ1v) is 6.99. The number of nitrogens with one attached hydrogen (secondary N) is 1. The van der Waals surface area contributed by atoms with Crippen LogP contribution in [0.25, 0.3) is 0 Å². The second-order valence-electron chi connectivity index (χ2n) is 5.26. The molecule has 0 aliphatic carbocycles. The van der Waals surface area contributed by atoms with E-state index in [0.717, 1.165) is 18.5 Å². The van der Waals surface area contributed by atoms with Gasteiger partial charge in [0.15, 0.2) is 0 Å². The summed E-state index contributed by atoms with van der Waals surface area (Å²) in [4.78, 5) is 0. The van der Waals surface area contributed by atoms with Crippen LogP contribution in [0.4, 0.5) is 5.69 Å². The molecule has 0 radical (unpaired) electrons. The molecule has 0 aliphatic rings. The van der Waals surface area contributed by atoms with Gasteiger partial charge in [-0.2, -0.15) is 5.26 Å². The van der Waals surface area contributed by atoms with E-state index < -0.39 is 0 Å². The summed E-state index contributed by atoms with van der Waals surface area (Å²) in [5.74, 6) is 0. The molecule has 1 N–H and O–H groups in total. The van der Waals surface area contributed by atoms with Crippen molar-refractivity contribution in [1.82, 2.24) is 0 Å². The number of hydrogen-bond donors (Lipinski definition) is 1. The van der Waals surface area contributed by atoms with Crippen LogP contribution in [-0.2, 0) is 6.42 Å². The Morgan fingerprint density at radius 2 is 1.90 bits per heavy atom. The van der Waals surface area contributed by atoms with Crippen LogP contribution in [0.5, 0.6) is 0 Å². The molecular formula is C18H20N2. The monoisotopic (exact) mass is 264 g/mol. The van der Waals surface area contributed by atoms with Gasteiger partial charge >= 0.3 is 0 Å². The second kappa shape index (κ2) is 6.77. The van der Waals surface area contributed by atoms with E-state index in [1.54, 1.807) is 0 Å². The highest BCUT2D eigenvalue weighted by molar-refractivity contribution is 5.47. The third kappa shape index (κ3) is 4.13. The maximum Gasteiger partial charge on any atom is 0.0991 e. The zero-order valence-corrected chi connectivity index (χ0v) is 12.1. The summed E-state index contributed by atoms with van der Waals surface area (Å²) in [6, 6.07) is 18.8. The number of rotatable bonds is 5. The number of aryl methyl sites for hydroxylation is 2. The van der Waals surface area contributed by atoms with Gasteiger partial charge in [0.05, 0.1) is 11.6 Å². The normalized spacial score (nSPS) is 11.7. The molecule has 2 aromatic carbocycles. The fraction of sp³-hybridized carbons (Fsp3) is 0.278. The van der Waals surface area contributed by atoms with E-state index in [1.165, 1.54) is 11.1 Å². The number of nitrogens with zero attached hydrogens (tertiary/aromatic N) is 1. The third-order valence-corrected chi connectivity index (χ3v) is 3.38. The van der Waals surface area contributed by atoms with E-state index in [-0.39, 0.29) is 0 Å². The smallest absolute Gasteiger partial charge is 0.0991 e. The maximum atomic E-state index is 8.77.